The zero-order chi connectivity index (χ0) is 13.0. The van der Waals surface area contributed by atoms with Crippen molar-refractivity contribution in [1.82, 2.24) is 14.7 Å². The first-order chi connectivity index (χ1) is 8.69. The number of methoxy groups -OCH3 is 1. The Labute approximate surface area is 106 Å². The van der Waals surface area contributed by atoms with E-state index in [9.17, 15) is 4.79 Å². The molecule has 2 rings (SSSR count). The van der Waals surface area contributed by atoms with Crippen molar-refractivity contribution in [3.8, 4) is 0 Å². The smallest absolute Gasteiger partial charge is 0.244 e. The summed E-state index contributed by atoms with van der Waals surface area (Å²) in [4.78, 5) is 13.8. The summed E-state index contributed by atoms with van der Waals surface area (Å²) in [7, 11) is 1.68. The van der Waals surface area contributed by atoms with Crippen LogP contribution in [0.4, 0.5) is 5.82 Å². The van der Waals surface area contributed by atoms with Crippen LogP contribution < -0.4 is 5.73 Å². The molecular formula is C12H18N4O2. The van der Waals surface area contributed by atoms with Crippen molar-refractivity contribution in [2.75, 3.05) is 32.5 Å². The quantitative estimate of drug-likeness (QED) is 0.778. The van der Waals surface area contributed by atoms with Crippen molar-refractivity contribution < 1.29 is 9.53 Å². The van der Waals surface area contributed by atoms with Gasteiger partial charge in [-0.15, -0.1) is 0 Å². The van der Waals surface area contributed by atoms with Crippen molar-refractivity contribution in [3.63, 3.8) is 0 Å². The predicted octanol–water partition coefficient (Wildman–Crippen LogP) is 0.270. The first-order valence-corrected chi connectivity index (χ1v) is 5.92. The van der Waals surface area contributed by atoms with E-state index >= 15 is 0 Å². The first kappa shape index (κ1) is 12.6. The maximum atomic E-state index is 12.0. The molecule has 6 heteroatoms. The molecule has 0 saturated carbocycles. The molecule has 0 bridgehead atoms. The highest BCUT2D eigenvalue weighted by atomic mass is 16.5. The van der Waals surface area contributed by atoms with Crippen LogP contribution in [0.3, 0.4) is 0 Å². The number of carbonyl (C=O) groups excluding carboxylic acids is 1. The molecule has 0 saturated heterocycles. The van der Waals surface area contributed by atoms with Gasteiger partial charge in [0.1, 0.15) is 12.4 Å². The molecule has 2 N–H and O–H groups in total. The van der Waals surface area contributed by atoms with Gasteiger partial charge in [-0.3, -0.25) is 9.48 Å². The third-order valence-corrected chi connectivity index (χ3v) is 2.94. The number of amides is 1. The molecule has 2 heterocycles. The number of ether oxygens (including phenoxy) is 1. The minimum atomic E-state index is 0.0609. The van der Waals surface area contributed by atoms with E-state index in [1.54, 1.807) is 24.1 Å². The molecular weight excluding hydrogens is 232 g/mol. The molecule has 1 amide bonds. The van der Waals surface area contributed by atoms with Crippen LogP contribution in [0.2, 0.25) is 0 Å². The van der Waals surface area contributed by atoms with Crippen LogP contribution in [0, 0.1) is 0 Å². The van der Waals surface area contributed by atoms with E-state index in [0.29, 0.717) is 19.0 Å². The number of anilines is 1. The summed E-state index contributed by atoms with van der Waals surface area (Å²) in [5.74, 6) is 0.495. The van der Waals surface area contributed by atoms with Crippen LogP contribution in [0.15, 0.2) is 23.9 Å². The molecule has 1 aliphatic rings. The van der Waals surface area contributed by atoms with Crippen LogP contribution in [0.25, 0.3) is 0 Å². The number of aromatic nitrogens is 2. The van der Waals surface area contributed by atoms with Gasteiger partial charge in [-0.05, 0) is 18.1 Å². The lowest BCUT2D eigenvalue weighted by Gasteiger charge is -2.26. The molecule has 18 heavy (non-hydrogen) atoms. The summed E-state index contributed by atoms with van der Waals surface area (Å²) in [5, 5.41) is 4.00. The Balaban J connectivity index is 1.88. The number of nitrogen functional groups attached to an aromatic ring is 1. The number of nitrogens with two attached hydrogens (primary N) is 1. The van der Waals surface area contributed by atoms with Crippen molar-refractivity contribution in [1.29, 1.82) is 0 Å². The maximum absolute atomic E-state index is 12.0. The average molecular weight is 250 g/mol. The van der Waals surface area contributed by atoms with Crippen LogP contribution in [0.1, 0.15) is 6.42 Å². The summed E-state index contributed by atoms with van der Waals surface area (Å²) in [5.41, 5.74) is 6.76. The predicted molar refractivity (Wildman–Crippen MR) is 67.8 cm³/mol. The second-order valence-corrected chi connectivity index (χ2v) is 4.32. The van der Waals surface area contributed by atoms with Crippen molar-refractivity contribution in [2.24, 2.45) is 0 Å². The molecule has 0 aliphatic carbocycles. The third-order valence-electron chi connectivity index (χ3n) is 2.94. The second kappa shape index (κ2) is 5.68. The standard InChI is InChI=1S/C12H18N4O2/c1-18-9-10-2-5-15(6-3-10)12(17)8-16-7-4-11(13)14-16/h2,4,7H,3,5-6,8-9H2,1H3,(H2,13,14). The van der Waals surface area contributed by atoms with Crippen LogP contribution >= 0.6 is 0 Å². The second-order valence-electron chi connectivity index (χ2n) is 4.32. The van der Waals surface area contributed by atoms with Gasteiger partial charge in [0.15, 0.2) is 0 Å². The van der Waals surface area contributed by atoms with Crippen LogP contribution in [0.5, 0.6) is 0 Å². The molecule has 0 unspecified atom stereocenters. The van der Waals surface area contributed by atoms with Crippen LogP contribution in [-0.2, 0) is 16.1 Å². The summed E-state index contributed by atoms with van der Waals surface area (Å²) in [6, 6.07) is 1.68. The Hall–Kier alpha value is -1.82. The van der Waals surface area contributed by atoms with Gasteiger partial charge in [-0.2, -0.15) is 5.10 Å². The van der Waals surface area contributed by atoms with Crippen LogP contribution in [-0.4, -0.2) is 47.4 Å². The average Bonchev–Trinajstić information content (AvgIpc) is 2.76. The van der Waals surface area contributed by atoms with E-state index < -0.39 is 0 Å². The molecule has 1 aromatic rings. The summed E-state index contributed by atoms with van der Waals surface area (Å²) in [6.07, 6.45) is 4.65. The highest BCUT2D eigenvalue weighted by Crippen LogP contribution is 2.11. The highest BCUT2D eigenvalue weighted by molar-refractivity contribution is 5.76. The monoisotopic (exact) mass is 250 g/mol. The highest BCUT2D eigenvalue weighted by Gasteiger charge is 2.17. The Kier molecular flexibility index (Phi) is 3.99. The fraction of sp³-hybridized carbons (Fsp3) is 0.500. The third kappa shape index (κ3) is 3.10. The maximum Gasteiger partial charge on any atom is 0.244 e. The number of hydrogen-bond acceptors (Lipinski definition) is 4. The Morgan fingerprint density at radius 3 is 3.00 bits per heavy atom. The normalized spacial score (nSPS) is 15.6. The Bertz CT molecular complexity index is 453. The summed E-state index contributed by atoms with van der Waals surface area (Å²) < 4.78 is 6.64. The molecule has 0 radical (unpaired) electrons. The minimum absolute atomic E-state index is 0.0609. The van der Waals surface area contributed by atoms with Gasteiger partial charge in [0.05, 0.1) is 6.61 Å². The lowest BCUT2D eigenvalue weighted by Crippen LogP contribution is -2.37. The largest absolute Gasteiger partial charge is 0.382 e. The molecule has 98 valence electrons. The minimum Gasteiger partial charge on any atom is -0.382 e. The Morgan fingerprint density at radius 2 is 2.44 bits per heavy atom. The van der Waals surface area contributed by atoms with Gasteiger partial charge >= 0.3 is 0 Å². The van der Waals surface area contributed by atoms with Crippen molar-refractivity contribution >= 4 is 11.7 Å². The van der Waals surface area contributed by atoms with E-state index in [1.165, 1.54) is 5.57 Å². The SMILES string of the molecule is COCC1=CCN(C(=O)Cn2ccc(N)n2)CC1. The van der Waals surface area contributed by atoms with Gasteiger partial charge in [-0.25, -0.2) is 0 Å². The molecule has 1 aromatic heterocycles. The summed E-state index contributed by atoms with van der Waals surface area (Å²) >= 11 is 0. The zero-order valence-corrected chi connectivity index (χ0v) is 10.5. The van der Waals surface area contributed by atoms with E-state index in [1.807, 2.05) is 4.90 Å². The van der Waals surface area contributed by atoms with E-state index in [-0.39, 0.29) is 12.5 Å². The van der Waals surface area contributed by atoms with E-state index in [2.05, 4.69) is 11.2 Å². The van der Waals surface area contributed by atoms with Gasteiger partial charge in [0.25, 0.3) is 0 Å². The van der Waals surface area contributed by atoms with Gasteiger partial charge in [-0.1, -0.05) is 6.08 Å². The Morgan fingerprint density at radius 1 is 1.61 bits per heavy atom. The lowest BCUT2D eigenvalue weighted by molar-refractivity contribution is -0.131. The lowest BCUT2D eigenvalue weighted by atomic mass is 10.1. The van der Waals surface area contributed by atoms with E-state index in [0.717, 1.165) is 13.0 Å². The topological polar surface area (TPSA) is 73.4 Å². The zero-order valence-electron chi connectivity index (χ0n) is 10.5. The summed E-state index contributed by atoms with van der Waals surface area (Å²) in [6.45, 7) is 2.28. The molecule has 0 fully saturated rings. The number of carbonyl (C=O) groups is 1. The molecule has 0 spiro atoms. The van der Waals surface area contributed by atoms with Gasteiger partial charge < -0.3 is 15.4 Å². The fourth-order valence-corrected chi connectivity index (χ4v) is 1.96. The van der Waals surface area contributed by atoms with Gasteiger partial charge in [0.2, 0.25) is 5.91 Å². The molecule has 6 nitrogen and oxygen atoms in total. The molecule has 1 aliphatic heterocycles. The molecule has 0 aromatic carbocycles. The number of hydrogen-bond donors (Lipinski definition) is 1. The van der Waals surface area contributed by atoms with Crippen molar-refractivity contribution in [3.05, 3.63) is 23.9 Å². The van der Waals surface area contributed by atoms with Gasteiger partial charge in [0, 0.05) is 26.4 Å². The number of rotatable bonds is 4. The fourth-order valence-electron chi connectivity index (χ4n) is 1.96. The first-order valence-electron chi connectivity index (χ1n) is 5.92. The number of nitrogens with zero attached hydrogens (tertiary/aromatic N) is 3. The molecule has 0 atom stereocenters. The van der Waals surface area contributed by atoms with E-state index in [4.69, 9.17) is 10.5 Å². The van der Waals surface area contributed by atoms with Crippen molar-refractivity contribution in [2.45, 2.75) is 13.0 Å².